The van der Waals surface area contributed by atoms with Crippen molar-refractivity contribution in [2.24, 2.45) is 0 Å². The third-order valence-corrected chi connectivity index (χ3v) is 7.13. The lowest BCUT2D eigenvalue weighted by Crippen LogP contribution is -2.58. The second-order valence-corrected chi connectivity index (χ2v) is 9.90. The van der Waals surface area contributed by atoms with Crippen molar-refractivity contribution < 1.29 is 14.3 Å². The molecule has 2 aromatic rings. The predicted molar refractivity (Wildman–Crippen MR) is 135 cm³/mol. The smallest absolute Gasteiger partial charge is 0.320 e. The Morgan fingerprint density at radius 2 is 2.00 bits per heavy atom. The van der Waals surface area contributed by atoms with Crippen molar-refractivity contribution in [3.63, 3.8) is 0 Å². The fraction of sp³-hybridized carbons (Fsp3) is 0.625. The van der Waals surface area contributed by atoms with Crippen LogP contribution in [0.2, 0.25) is 0 Å². The number of piperazine rings is 1. The van der Waals surface area contributed by atoms with Gasteiger partial charge in [0.2, 0.25) is 17.8 Å². The summed E-state index contributed by atoms with van der Waals surface area (Å²) in [5.41, 5.74) is 7.08. The number of amides is 2. The molecule has 5 rings (SSSR count). The Hall–Kier alpha value is -3.25. The van der Waals surface area contributed by atoms with Gasteiger partial charge in [0.1, 0.15) is 6.10 Å². The van der Waals surface area contributed by atoms with Crippen molar-refractivity contribution in [2.75, 3.05) is 57.1 Å². The van der Waals surface area contributed by atoms with Gasteiger partial charge in [-0.25, -0.2) is 19.7 Å². The first-order chi connectivity index (χ1) is 17.4. The molecule has 0 spiro atoms. The molecule has 0 bridgehead atoms. The van der Waals surface area contributed by atoms with Crippen LogP contribution in [-0.2, 0) is 4.74 Å². The van der Waals surface area contributed by atoms with Gasteiger partial charge in [0.15, 0.2) is 0 Å². The van der Waals surface area contributed by atoms with Crippen LogP contribution in [0, 0.1) is 0 Å². The zero-order chi connectivity index (χ0) is 25.2. The second kappa shape index (κ2) is 10.4. The van der Waals surface area contributed by atoms with E-state index in [0.29, 0.717) is 43.3 Å². The number of nitrogens with zero attached hydrogens (tertiary/aromatic N) is 7. The van der Waals surface area contributed by atoms with Crippen LogP contribution in [0.25, 0.3) is 11.3 Å². The average Bonchev–Trinajstić information content (AvgIpc) is 2.85. The molecule has 12 heteroatoms. The maximum absolute atomic E-state index is 12.9. The maximum Gasteiger partial charge on any atom is 0.320 e. The van der Waals surface area contributed by atoms with E-state index in [4.69, 9.17) is 25.2 Å². The monoisotopic (exact) mass is 497 g/mol. The average molecular weight is 498 g/mol. The van der Waals surface area contributed by atoms with E-state index in [9.17, 15) is 4.79 Å². The molecule has 2 aromatic heterocycles. The minimum atomic E-state index is -0.0208. The van der Waals surface area contributed by atoms with Crippen LogP contribution < -0.4 is 20.7 Å². The van der Waals surface area contributed by atoms with E-state index in [-0.39, 0.29) is 30.2 Å². The highest BCUT2D eigenvalue weighted by Crippen LogP contribution is 2.32. The number of aromatic nitrogens is 4. The van der Waals surface area contributed by atoms with E-state index in [2.05, 4.69) is 34.0 Å². The topological polar surface area (TPSA) is 135 Å². The van der Waals surface area contributed by atoms with Gasteiger partial charge in [-0.15, -0.1) is 0 Å². The Kier molecular flexibility index (Phi) is 7.06. The number of ether oxygens (including phenoxy) is 2. The SMILES string of the molecule is C[C@H]1CN(C(=O)N(C)[C@H]2C[C@H](Oc3cc(-c4cnc(N)nc4)nc(N4CCOC[C@@H]4C)n3)C2)CCN1. The summed E-state index contributed by atoms with van der Waals surface area (Å²) in [6, 6.07) is 2.51. The molecule has 2 saturated heterocycles. The summed E-state index contributed by atoms with van der Waals surface area (Å²) in [6.07, 6.45) is 4.80. The third-order valence-electron chi connectivity index (χ3n) is 7.13. The van der Waals surface area contributed by atoms with Gasteiger partial charge in [-0.3, -0.25) is 0 Å². The van der Waals surface area contributed by atoms with Gasteiger partial charge in [0.25, 0.3) is 0 Å². The molecule has 0 aromatic carbocycles. The van der Waals surface area contributed by atoms with Crippen LogP contribution in [0.15, 0.2) is 18.5 Å². The van der Waals surface area contributed by atoms with Gasteiger partial charge in [-0.2, -0.15) is 4.98 Å². The van der Waals surface area contributed by atoms with Crippen molar-refractivity contribution in [1.82, 2.24) is 35.1 Å². The number of carbonyl (C=O) groups excluding carboxylic acids is 1. The van der Waals surface area contributed by atoms with Crippen molar-refractivity contribution in [2.45, 2.75) is 50.9 Å². The lowest BCUT2D eigenvalue weighted by Gasteiger charge is -2.43. The summed E-state index contributed by atoms with van der Waals surface area (Å²) in [4.78, 5) is 36.6. The van der Waals surface area contributed by atoms with Crippen LogP contribution in [0.4, 0.5) is 16.7 Å². The van der Waals surface area contributed by atoms with Crippen molar-refractivity contribution in [3.8, 4) is 17.1 Å². The van der Waals surface area contributed by atoms with E-state index in [1.54, 1.807) is 12.4 Å². The van der Waals surface area contributed by atoms with Crippen LogP contribution in [0.1, 0.15) is 26.7 Å². The first kappa shape index (κ1) is 24.4. The number of hydrogen-bond donors (Lipinski definition) is 2. The van der Waals surface area contributed by atoms with Crippen LogP contribution >= 0.6 is 0 Å². The number of rotatable bonds is 5. The Morgan fingerprint density at radius 3 is 2.72 bits per heavy atom. The molecule has 3 aliphatic rings. The number of urea groups is 1. The van der Waals surface area contributed by atoms with Gasteiger partial charge in [0, 0.05) is 82.2 Å². The molecule has 1 saturated carbocycles. The lowest BCUT2D eigenvalue weighted by atomic mass is 9.88. The zero-order valence-electron chi connectivity index (χ0n) is 21.1. The second-order valence-electron chi connectivity index (χ2n) is 9.90. The highest BCUT2D eigenvalue weighted by molar-refractivity contribution is 5.75. The maximum atomic E-state index is 12.9. The van der Waals surface area contributed by atoms with Gasteiger partial charge >= 0.3 is 6.03 Å². The van der Waals surface area contributed by atoms with E-state index >= 15 is 0 Å². The zero-order valence-corrected chi connectivity index (χ0v) is 21.1. The first-order valence-electron chi connectivity index (χ1n) is 12.6. The molecular weight excluding hydrogens is 462 g/mol. The normalized spacial score (nSPS) is 26.3. The standard InChI is InChI=1S/C24H35N9O3/c1-15-13-32(5-4-26-15)24(34)31(3)18-8-19(9-18)36-21-10-20(17-11-27-22(25)28-12-17)29-23(30-21)33-6-7-35-14-16(33)2/h10-12,15-16,18-19,26H,4-9,13-14H2,1-3H3,(H2,25,27,28)/t15-,16-,18-,19-/m0/s1. The van der Waals surface area contributed by atoms with E-state index in [1.165, 1.54) is 0 Å². The molecule has 2 amide bonds. The van der Waals surface area contributed by atoms with Gasteiger partial charge in [-0.1, -0.05) is 0 Å². The van der Waals surface area contributed by atoms with Crippen molar-refractivity contribution >= 4 is 17.9 Å². The molecule has 0 unspecified atom stereocenters. The largest absolute Gasteiger partial charge is 0.474 e. The van der Waals surface area contributed by atoms with Gasteiger partial charge < -0.3 is 35.2 Å². The predicted octanol–water partition coefficient (Wildman–Crippen LogP) is 0.996. The molecule has 36 heavy (non-hydrogen) atoms. The molecule has 3 fully saturated rings. The molecule has 3 N–H and O–H groups in total. The minimum absolute atomic E-state index is 0.0208. The summed E-state index contributed by atoms with van der Waals surface area (Å²) in [5.74, 6) is 1.30. The van der Waals surface area contributed by atoms with E-state index in [1.807, 2.05) is 22.9 Å². The molecule has 2 aliphatic heterocycles. The Morgan fingerprint density at radius 1 is 1.22 bits per heavy atom. The van der Waals surface area contributed by atoms with Crippen molar-refractivity contribution in [1.29, 1.82) is 0 Å². The van der Waals surface area contributed by atoms with Crippen LogP contribution in [0.5, 0.6) is 5.88 Å². The Balaban J connectivity index is 1.28. The minimum Gasteiger partial charge on any atom is -0.474 e. The number of carbonyl (C=O) groups is 1. The summed E-state index contributed by atoms with van der Waals surface area (Å²) in [6.45, 7) is 8.43. The Bertz CT molecular complexity index is 1060. The molecule has 2 atom stereocenters. The number of nitrogens with one attached hydrogen (secondary N) is 1. The molecule has 4 heterocycles. The molecule has 1 aliphatic carbocycles. The molecule has 0 radical (unpaired) electrons. The highest BCUT2D eigenvalue weighted by atomic mass is 16.5. The fourth-order valence-electron chi connectivity index (χ4n) is 4.85. The van der Waals surface area contributed by atoms with Gasteiger partial charge in [0.05, 0.1) is 24.9 Å². The molecule has 194 valence electrons. The van der Waals surface area contributed by atoms with Crippen LogP contribution in [-0.4, -0.2) is 106 Å². The summed E-state index contributed by atoms with van der Waals surface area (Å²) in [7, 11) is 1.89. The summed E-state index contributed by atoms with van der Waals surface area (Å²) in [5, 5.41) is 3.38. The van der Waals surface area contributed by atoms with Crippen LogP contribution in [0.3, 0.4) is 0 Å². The van der Waals surface area contributed by atoms with E-state index in [0.717, 1.165) is 38.0 Å². The number of hydrogen-bond acceptors (Lipinski definition) is 10. The third kappa shape index (κ3) is 5.29. The number of anilines is 2. The van der Waals surface area contributed by atoms with Gasteiger partial charge in [-0.05, 0) is 13.8 Å². The highest BCUT2D eigenvalue weighted by Gasteiger charge is 2.38. The number of morpholine rings is 1. The number of nitrogens with two attached hydrogens (primary N) is 1. The molecule has 12 nitrogen and oxygen atoms in total. The lowest BCUT2D eigenvalue weighted by molar-refractivity contribution is 0.0309. The fourth-order valence-corrected chi connectivity index (χ4v) is 4.85. The number of nitrogen functional groups attached to an aromatic ring is 1. The first-order valence-corrected chi connectivity index (χ1v) is 12.6. The van der Waals surface area contributed by atoms with E-state index < -0.39 is 0 Å². The summed E-state index contributed by atoms with van der Waals surface area (Å²) >= 11 is 0. The summed E-state index contributed by atoms with van der Waals surface area (Å²) < 4.78 is 11.9. The quantitative estimate of drug-likeness (QED) is 0.616. The van der Waals surface area contributed by atoms with Crippen molar-refractivity contribution in [3.05, 3.63) is 18.5 Å². The Labute approximate surface area is 211 Å². The molecular formula is C24H35N9O3.